The van der Waals surface area contributed by atoms with Crippen LogP contribution in [0.3, 0.4) is 0 Å². The molecule has 0 aromatic heterocycles. The number of ether oxygens (including phenoxy) is 1. The van der Waals surface area contributed by atoms with Gasteiger partial charge in [0.2, 0.25) is 5.91 Å². The summed E-state index contributed by atoms with van der Waals surface area (Å²) in [5, 5.41) is -0.482. The molecule has 2 aromatic carbocycles. The number of amides is 2. The molecule has 206 valence electrons. The van der Waals surface area contributed by atoms with E-state index in [4.69, 9.17) is 10.5 Å². The Bertz CT molecular complexity index is 1190. The average Bonchev–Trinajstić information content (AvgIpc) is 3.27. The predicted octanol–water partition coefficient (Wildman–Crippen LogP) is 3.75. The molecule has 2 N–H and O–H groups in total. The summed E-state index contributed by atoms with van der Waals surface area (Å²) in [6.45, 7) is 4.21. The molecule has 4 atom stereocenters. The highest BCUT2D eigenvalue weighted by molar-refractivity contribution is 7.91. The second-order valence-corrected chi connectivity index (χ2v) is 13.4. The molecule has 0 bridgehead atoms. The maximum atomic E-state index is 13.8. The van der Waals surface area contributed by atoms with Crippen LogP contribution in [0.4, 0.5) is 4.79 Å². The number of benzene rings is 2. The van der Waals surface area contributed by atoms with Gasteiger partial charge in [-0.15, -0.1) is 0 Å². The van der Waals surface area contributed by atoms with Gasteiger partial charge >= 0.3 is 6.09 Å². The van der Waals surface area contributed by atoms with Crippen molar-refractivity contribution < 1.29 is 22.7 Å². The minimum absolute atomic E-state index is 0.0182. The third kappa shape index (κ3) is 6.74. The van der Waals surface area contributed by atoms with Crippen LogP contribution in [0.25, 0.3) is 0 Å². The number of rotatable bonds is 9. The Morgan fingerprint density at radius 3 is 2.29 bits per heavy atom. The summed E-state index contributed by atoms with van der Waals surface area (Å²) < 4.78 is 31.2. The lowest BCUT2D eigenvalue weighted by Crippen LogP contribution is -2.52. The van der Waals surface area contributed by atoms with Crippen LogP contribution in [0.5, 0.6) is 0 Å². The van der Waals surface area contributed by atoms with Crippen LogP contribution in [-0.4, -0.2) is 65.9 Å². The molecule has 1 saturated carbocycles. The van der Waals surface area contributed by atoms with Crippen LogP contribution in [0.2, 0.25) is 0 Å². The van der Waals surface area contributed by atoms with Crippen LogP contribution in [-0.2, 0) is 32.5 Å². The standard InChI is InChI=1S/C29H39N3O5S/c1-21(2)38(35,36)20-24-17-25(30)13-14-26(24)31-16-15-27(28(31)33)32(18-22-9-5-3-6-10-22)29(34)37-19-23-11-7-4-8-12-23/h3-12,21,24-27H,13-20,30H2,1-2H3/t24-,25+,26-,27-/m0/s1. The molecular weight excluding hydrogens is 502 g/mol. The van der Waals surface area contributed by atoms with E-state index in [-0.39, 0.29) is 42.8 Å². The number of likely N-dealkylation sites (tertiary alicyclic amines) is 1. The SMILES string of the molecule is CC(C)S(=O)(=O)C[C@@H]1C[C@H](N)CC[C@@H]1N1CC[C@H](N(Cc2ccccc2)C(=O)OCc2ccccc2)C1=O. The van der Waals surface area contributed by atoms with Gasteiger partial charge in [-0.2, -0.15) is 0 Å². The number of carbonyl (C=O) groups excluding carboxylic acids is 2. The van der Waals surface area contributed by atoms with E-state index in [1.165, 1.54) is 4.90 Å². The predicted molar refractivity (Wildman–Crippen MR) is 147 cm³/mol. The minimum Gasteiger partial charge on any atom is -0.445 e. The summed E-state index contributed by atoms with van der Waals surface area (Å²) in [4.78, 5) is 30.5. The maximum absolute atomic E-state index is 13.8. The van der Waals surface area contributed by atoms with Gasteiger partial charge in [0.05, 0.1) is 11.0 Å². The smallest absolute Gasteiger partial charge is 0.411 e. The minimum atomic E-state index is -3.30. The molecule has 4 rings (SSSR count). The van der Waals surface area contributed by atoms with Crippen molar-refractivity contribution >= 4 is 21.8 Å². The molecule has 8 nitrogen and oxygen atoms in total. The van der Waals surface area contributed by atoms with Crippen LogP contribution in [0.15, 0.2) is 60.7 Å². The summed E-state index contributed by atoms with van der Waals surface area (Å²) in [6, 6.07) is 18.0. The molecule has 0 radical (unpaired) electrons. The number of nitrogens with two attached hydrogens (primary N) is 1. The van der Waals surface area contributed by atoms with E-state index >= 15 is 0 Å². The van der Waals surface area contributed by atoms with E-state index in [0.717, 1.165) is 17.5 Å². The Morgan fingerprint density at radius 2 is 1.66 bits per heavy atom. The third-order valence-corrected chi connectivity index (χ3v) is 10.1. The zero-order valence-corrected chi connectivity index (χ0v) is 23.1. The molecular formula is C29H39N3O5S. The van der Waals surface area contributed by atoms with E-state index in [1.807, 2.05) is 60.7 Å². The highest BCUT2D eigenvalue weighted by Gasteiger charge is 2.45. The van der Waals surface area contributed by atoms with Crippen molar-refractivity contribution in [2.24, 2.45) is 11.7 Å². The van der Waals surface area contributed by atoms with Crippen molar-refractivity contribution in [3.63, 3.8) is 0 Å². The fourth-order valence-corrected chi connectivity index (χ4v) is 6.89. The highest BCUT2D eigenvalue weighted by atomic mass is 32.2. The van der Waals surface area contributed by atoms with Gasteiger partial charge in [-0.25, -0.2) is 13.2 Å². The third-order valence-electron chi connectivity index (χ3n) is 7.77. The average molecular weight is 542 g/mol. The molecule has 1 heterocycles. The molecule has 2 aromatic rings. The summed E-state index contributed by atoms with van der Waals surface area (Å²) in [5.74, 6) is -0.351. The molecule has 9 heteroatoms. The fraction of sp³-hybridized carbons (Fsp3) is 0.517. The molecule has 1 saturated heterocycles. The topological polar surface area (TPSA) is 110 Å². The lowest BCUT2D eigenvalue weighted by Gasteiger charge is -2.40. The maximum Gasteiger partial charge on any atom is 0.411 e. The van der Waals surface area contributed by atoms with E-state index < -0.39 is 27.2 Å². The first-order valence-electron chi connectivity index (χ1n) is 13.4. The van der Waals surface area contributed by atoms with E-state index in [1.54, 1.807) is 18.7 Å². The van der Waals surface area contributed by atoms with Crippen molar-refractivity contribution in [1.82, 2.24) is 9.80 Å². The molecule has 2 amide bonds. The first kappa shape index (κ1) is 28.1. The molecule has 2 aliphatic rings. The summed E-state index contributed by atoms with van der Waals surface area (Å²) in [7, 11) is -3.30. The molecule has 0 unspecified atom stereocenters. The van der Waals surface area contributed by atoms with Crippen LogP contribution in [0, 0.1) is 5.92 Å². The second-order valence-electron chi connectivity index (χ2n) is 10.8. The van der Waals surface area contributed by atoms with Crippen molar-refractivity contribution in [3.8, 4) is 0 Å². The number of sulfone groups is 1. The first-order valence-corrected chi connectivity index (χ1v) is 15.2. The van der Waals surface area contributed by atoms with Gasteiger partial charge in [0, 0.05) is 25.2 Å². The Labute approximate surface area is 226 Å². The molecule has 2 fully saturated rings. The van der Waals surface area contributed by atoms with Gasteiger partial charge in [0.1, 0.15) is 12.6 Å². The zero-order chi connectivity index (χ0) is 27.3. The van der Waals surface area contributed by atoms with Gasteiger partial charge in [-0.1, -0.05) is 60.7 Å². The number of hydrogen-bond acceptors (Lipinski definition) is 6. The summed E-state index contributed by atoms with van der Waals surface area (Å²) in [6.07, 6.45) is 1.90. The number of hydrogen-bond donors (Lipinski definition) is 1. The second kappa shape index (κ2) is 12.3. The van der Waals surface area contributed by atoms with Crippen molar-refractivity contribution in [2.45, 2.75) is 76.1 Å². The Balaban J connectivity index is 1.53. The number of nitrogens with zero attached hydrogens (tertiary/aromatic N) is 2. The van der Waals surface area contributed by atoms with Crippen molar-refractivity contribution in [1.29, 1.82) is 0 Å². The molecule has 1 aliphatic heterocycles. The van der Waals surface area contributed by atoms with Crippen LogP contribution < -0.4 is 5.73 Å². The Hall–Kier alpha value is -2.91. The van der Waals surface area contributed by atoms with E-state index in [2.05, 4.69) is 0 Å². The van der Waals surface area contributed by atoms with Crippen LogP contribution in [0.1, 0.15) is 50.7 Å². The normalized spacial score (nSPS) is 24.0. The van der Waals surface area contributed by atoms with Crippen molar-refractivity contribution in [2.75, 3.05) is 12.3 Å². The highest BCUT2D eigenvalue weighted by Crippen LogP contribution is 2.34. The van der Waals surface area contributed by atoms with Gasteiger partial charge < -0.3 is 15.4 Å². The lowest BCUT2D eigenvalue weighted by atomic mass is 9.82. The van der Waals surface area contributed by atoms with Crippen LogP contribution >= 0.6 is 0 Å². The first-order chi connectivity index (χ1) is 18.2. The van der Waals surface area contributed by atoms with Crippen molar-refractivity contribution in [3.05, 3.63) is 71.8 Å². The lowest BCUT2D eigenvalue weighted by molar-refractivity contribution is -0.135. The monoisotopic (exact) mass is 541 g/mol. The zero-order valence-electron chi connectivity index (χ0n) is 22.2. The fourth-order valence-electron chi connectivity index (χ4n) is 5.55. The van der Waals surface area contributed by atoms with Gasteiger partial charge in [0.15, 0.2) is 9.84 Å². The molecule has 38 heavy (non-hydrogen) atoms. The summed E-state index contributed by atoms with van der Waals surface area (Å²) >= 11 is 0. The largest absolute Gasteiger partial charge is 0.445 e. The van der Waals surface area contributed by atoms with Gasteiger partial charge in [-0.3, -0.25) is 9.69 Å². The molecule has 1 aliphatic carbocycles. The Kier molecular flexibility index (Phi) is 9.10. The quantitative estimate of drug-likeness (QED) is 0.518. The van der Waals surface area contributed by atoms with E-state index in [9.17, 15) is 18.0 Å². The molecule has 0 spiro atoms. The van der Waals surface area contributed by atoms with Gasteiger partial charge in [-0.05, 0) is 56.6 Å². The summed E-state index contributed by atoms with van der Waals surface area (Å²) in [5.41, 5.74) is 8.00. The number of carbonyl (C=O) groups is 2. The van der Waals surface area contributed by atoms with Gasteiger partial charge in [0.25, 0.3) is 0 Å². The Morgan fingerprint density at radius 1 is 1.03 bits per heavy atom. The van der Waals surface area contributed by atoms with E-state index in [0.29, 0.717) is 25.8 Å².